The van der Waals surface area contributed by atoms with Crippen LogP contribution in [0.2, 0.25) is 0 Å². The van der Waals surface area contributed by atoms with E-state index in [4.69, 9.17) is 10.8 Å². The predicted molar refractivity (Wildman–Crippen MR) is 76.4 cm³/mol. The van der Waals surface area contributed by atoms with Gasteiger partial charge in [-0.25, -0.2) is 9.18 Å². The molecule has 0 fully saturated rings. The average Bonchev–Trinajstić information content (AvgIpc) is 2.42. The van der Waals surface area contributed by atoms with Gasteiger partial charge in [-0.1, -0.05) is 30.3 Å². The van der Waals surface area contributed by atoms with Crippen molar-refractivity contribution < 1.29 is 14.3 Å². The molecule has 2 rings (SSSR count). The van der Waals surface area contributed by atoms with Crippen LogP contribution >= 0.6 is 0 Å². The molecule has 0 unspecified atom stereocenters. The van der Waals surface area contributed by atoms with Crippen LogP contribution in [0.4, 0.5) is 15.8 Å². The first-order valence-corrected chi connectivity index (χ1v) is 6.18. The van der Waals surface area contributed by atoms with E-state index in [1.807, 2.05) is 30.3 Å². The number of carboxylic acids is 1. The third kappa shape index (κ3) is 3.26. The van der Waals surface area contributed by atoms with Gasteiger partial charge in [-0.15, -0.1) is 0 Å². The molecule has 0 heterocycles. The van der Waals surface area contributed by atoms with Crippen molar-refractivity contribution in [2.45, 2.75) is 6.42 Å². The van der Waals surface area contributed by atoms with Gasteiger partial charge in [-0.2, -0.15) is 0 Å². The van der Waals surface area contributed by atoms with Gasteiger partial charge in [-0.05, 0) is 24.1 Å². The fourth-order valence-electron chi connectivity index (χ4n) is 1.90. The first-order valence-electron chi connectivity index (χ1n) is 6.18. The second kappa shape index (κ2) is 6.06. The van der Waals surface area contributed by atoms with Gasteiger partial charge in [0.15, 0.2) is 0 Å². The van der Waals surface area contributed by atoms with E-state index >= 15 is 0 Å². The molecule has 0 aliphatic carbocycles. The van der Waals surface area contributed by atoms with Crippen molar-refractivity contribution in [3.05, 3.63) is 59.4 Å². The van der Waals surface area contributed by atoms with E-state index in [0.29, 0.717) is 13.0 Å². The molecule has 2 aromatic carbocycles. The topological polar surface area (TPSA) is 75.3 Å². The number of hydrogen-bond donors (Lipinski definition) is 3. The Labute approximate surface area is 116 Å². The van der Waals surface area contributed by atoms with Crippen molar-refractivity contribution in [3.8, 4) is 0 Å². The number of anilines is 2. The second-order valence-electron chi connectivity index (χ2n) is 4.39. The molecule has 2 aromatic rings. The highest BCUT2D eigenvalue weighted by Gasteiger charge is 2.12. The first-order chi connectivity index (χ1) is 9.58. The Morgan fingerprint density at radius 2 is 1.95 bits per heavy atom. The maximum Gasteiger partial charge on any atom is 0.337 e. The van der Waals surface area contributed by atoms with Crippen molar-refractivity contribution in [1.82, 2.24) is 0 Å². The molecule has 5 heteroatoms. The van der Waals surface area contributed by atoms with Crippen molar-refractivity contribution in [3.63, 3.8) is 0 Å². The number of aromatic carboxylic acids is 1. The third-order valence-corrected chi connectivity index (χ3v) is 2.94. The van der Waals surface area contributed by atoms with Crippen LogP contribution in [0.15, 0.2) is 42.5 Å². The Morgan fingerprint density at radius 1 is 1.25 bits per heavy atom. The van der Waals surface area contributed by atoms with Crippen LogP contribution in [-0.4, -0.2) is 17.6 Å². The smallest absolute Gasteiger partial charge is 0.337 e. The lowest BCUT2D eigenvalue weighted by Gasteiger charge is -2.10. The molecule has 0 bridgehead atoms. The van der Waals surface area contributed by atoms with E-state index in [1.54, 1.807) is 0 Å². The molecule has 104 valence electrons. The van der Waals surface area contributed by atoms with Crippen molar-refractivity contribution in [2.75, 3.05) is 17.6 Å². The Morgan fingerprint density at radius 3 is 2.60 bits per heavy atom. The molecule has 0 spiro atoms. The van der Waals surface area contributed by atoms with Crippen LogP contribution in [-0.2, 0) is 6.42 Å². The zero-order chi connectivity index (χ0) is 14.5. The number of rotatable bonds is 5. The van der Waals surface area contributed by atoms with Crippen LogP contribution < -0.4 is 11.1 Å². The van der Waals surface area contributed by atoms with Gasteiger partial charge >= 0.3 is 5.97 Å². The molecule has 0 amide bonds. The van der Waals surface area contributed by atoms with E-state index in [-0.39, 0.29) is 16.9 Å². The summed E-state index contributed by atoms with van der Waals surface area (Å²) in [4.78, 5) is 11.0. The summed E-state index contributed by atoms with van der Waals surface area (Å²) < 4.78 is 13.7. The molecule has 4 N–H and O–H groups in total. The highest BCUT2D eigenvalue weighted by Crippen LogP contribution is 2.22. The Hall–Kier alpha value is -2.56. The fraction of sp³-hybridized carbons (Fsp3) is 0.133. The standard InChI is InChI=1S/C15H15FN2O2/c16-12-9-13(17)11(15(19)20)8-14(12)18-7-6-10-4-2-1-3-5-10/h1-5,8-9,18H,6-7,17H2,(H,19,20). The van der Waals surface area contributed by atoms with Crippen molar-refractivity contribution >= 4 is 17.3 Å². The maximum absolute atomic E-state index is 13.7. The number of benzene rings is 2. The summed E-state index contributed by atoms with van der Waals surface area (Å²) >= 11 is 0. The zero-order valence-corrected chi connectivity index (χ0v) is 10.8. The Bertz CT molecular complexity index is 615. The highest BCUT2D eigenvalue weighted by molar-refractivity contribution is 5.94. The van der Waals surface area contributed by atoms with Gasteiger partial charge in [0, 0.05) is 12.2 Å². The number of carboxylic acid groups (broad SMARTS) is 1. The van der Waals surface area contributed by atoms with Crippen molar-refractivity contribution in [2.24, 2.45) is 0 Å². The molecule has 0 saturated heterocycles. The van der Waals surface area contributed by atoms with Crippen LogP contribution in [0, 0.1) is 5.82 Å². The molecule has 0 aliphatic heterocycles. The quantitative estimate of drug-likeness (QED) is 0.733. The first kappa shape index (κ1) is 13.9. The van der Waals surface area contributed by atoms with Crippen LogP contribution in [0.3, 0.4) is 0 Å². The average molecular weight is 274 g/mol. The minimum Gasteiger partial charge on any atom is -0.478 e. The molecule has 20 heavy (non-hydrogen) atoms. The summed E-state index contributed by atoms with van der Waals surface area (Å²) in [6.07, 6.45) is 0.715. The summed E-state index contributed by atoms with van der Waals surface area (Å²) in [7, 11) is 0. The normalized spacial score (nSPS) is 10.2. The number of nitrogens with two attached hydrogens (primary N) is 1. The molecular weight excluding hydrogens is 259 g/mol. The lowest BCUT2D eigenvalue weighted by Crippen LogP contribution is -2.09. The monoisotopic (exact) mass is 274 g/mol. The second-order valence-corrected chi connectivity index (χ2v) is 4.39. The number of halogens is 1. The number of hydrogen-bond acceptors (Lipinski definition) is 3. The maximum atomic E-state index is 13.7. The summed E-state index contributed by atoms with van der Waals surface area (Å²) in [6.45, 7) is 0.504. The molecule has 4 nitrogen and oxygen atoms in total. The summed E-state index contributed by atoms with van der Waals surface area (Å²) in [5.74, 6) is -1.73. The lowest BCUT2D eigenvalue weighted by atomic mass is 10.1. The van der Waals surface area contributed by atoms with E-state index in [2.05, 4.69) is 5.32 Å². The minimum absolute atomic E-state index is 0.0800. The lowest BCUT2D eigenvalue weighted by molar-refractivity contribution is 0.0698. The Kier molecular flexibility index (Phi) is 4.20. The number of carbonyl (C=O) groups is 1. The molecular formula is C15H15FN2O2. The van der Waals surface area contributed by atoms with Gasteiger partial charge in [-0.3, -0.25) is 0 Å². The molecule has 0 radical (unpaired) electrons. The van der Waals surface area contributed by atoms with Crippen LogP contribution in [0.1, 0.15) is 15.9 Å². The summed E-state index contributed by atoms with van der Waals surface area (Å²) in [6, 6.07) is 12.0. The van der Waals surface area contributed by atoms with Gasteiger partial charge in [0.2, 0.25) is 0 Å². The van der Waals surface area contributed by atoms with Gasteiger partial charge < -0.3 is 16.2 Å². The molecule has 0 aliphatic rings. The van der Waals surface area contributed by atoms with E-state index < -0.39 is 11.8 Å². The minimum atomic E-state index is -1.17. The Balaban J connectivity index is 2.06. The van der Waals surface area contributed by atoms with Crippen LogP contribution in [0.5, 0.6) is 0 Å². The molecule has 0 saturated carbocycles. The third-order valence-electron chi connectivity index (χ3n) is 2.94. The predicted octanol–water partition coefficient (Wildman–Crippen LogP) is 2.76. The SMILES string of the molecule is Nc1cc(F)c(NCCc2ccccc2)cc1C(=O)O. The van der Waals surface area contributed by atoms with Gasteiger partial charge in [0.1, 0.15) is 5.82 Å². The summed E-state index contributed by atoms with van der Waals surface area (Å²) in [5.41, 5.74) is 6.54. The largest absolute Gasteiger partial charge is 0.478 e. The highest BCUT2D eigenvalue weighted by atomic mass is 19.1. The fourth-order valence-corrected chi connectivity index (χ4v) is 1.90. The van der Waals surface area contributed by atoms with E-state index in [9.17, 15) is 9.18 Å². The van der Waals surface area contributed by atoms with Gasteiger partial charge in [0.05, 0.1) is 11.3 Å². The molecule has 0 atom stereocenters. The number of nitrogen functional groups attached to an aromatic ring is 1. The molecule has 0 aromatic heterocycles. The van der Waals surface area contributed by atoms with Crippen molar-refractivity contribution in [1.29, 1.82) is 0 Å². The number of nitrogens with one attached hydrogen (secondary N) is 1. The summed E-state index contributed by atoms with van der Waals surface area (Å²) in [5, 5.41) is 11.8. The van der Waals surface area contributed by atoms with E-state index in [0.717, 1.165) is 11.6 Å². The van der Waals surface area contributed by atoms with Gasteiger partial charge in [0.25, 0.3) is 0 Å². The van der Waals surface area contributed by atoms with E-state index in [1.165, 1.54) is 6.07 Å². The zero-order valence-electron chi connectivity index (χ0n) is 10.8. The van der Waals surface area contributed by atoms with Crippen LogP contribution in [0.25, 0.3) is 0 Å².